The highest BCUT2D eigenvalue weighted by Gasteiger charge is 2.61. The summed E-state index contributed by atoms with van der Waals surface area (Å²) in [5, 5.41) is 31.4. The topological polar surface area (TPSA) is 205 Å². The van der Waals surface area contributed by atoms with Crippen LogP contribution in [0.15, 0.2) is 23.6 Å². The summed E-state index contributed by atoms with van der Waals surface area (Å²) >= 11 is 8.26. The first kappa shape index (κ1) is 43.7. The number of amides is 3. The van der Waals surface area contributed by atoms with Crippen LogP contribution in [0, 0.1) is 28.6 Å². The lowest BCUT2D eigenvalue weighted by Gasteiger charge is -2.35. The van der Waals surface area contributed by atoms with Crippen LogP contribution in [0.25, 0.3) is 22.3 Å². The van der Waals surface area contributed by atoms with Crippen LogP contribution >= 0.6 is 22.9 Å². The highest BCUT2D eigenvalue weighted by molar-refractivity contribution is 7.14. The maximum absolute atomic E-state index is 14.7. The molecule has 6 rings (SSSR count). The molecule has 3 aliphatic rings. The fraction of sp³-hybridized carbons (Fsp3) is 0.595. The maximum atomic E-state index is 14.7. The summed E-state index contributed by atoms with van der Waals surface area (Å²) in [6.07, 6.45) is 2.60. The van der Waals surface area contributed by atoms with E-state index < -0.39 is 53.0 Å². The zero-order valence-corrected chi connectivity index (χ0v) is 36.2. The Morgan fingerprint density at radius 2 is 1.85 bits per heavy atom. The summed E-state index contributed by atoms with van der Waals surface area (Å²) in [4.78, 5) is 65.7. The molecule has 15 nitrogen and oxygen atoms in total. The predicted octanol–water partition coefficient (Wildman–Crippen LogP) is 7.17. The first-order chi connectivity index (χ1) is 28.0. The van der Waals surface area contributed by atoms with Crippen molar-refractivity contribution in [3.8, 4) is 29.0 Å². The van der Waals surface area contributed by atoms with E-state index in [1.807, 2.05) is 53.0 Å². The molecule has 3 aromatic rings. The monoisotopic (exact) mass is 851 g/mol. The quantitative estimate of drug-likeness (QED) is 0.120. The number of rotatable bonds is 15. The minimum absolute atomic E-state index is 0.0151. The summed E-state index contributed by atoms with van der Waals surface area (Å²) in [5.41, 5.74) is -0.929. The summed E-state index contributed by atoms with van der Waals surface area (Å²) in [6, 6.07) is 4.90. The molecular formula is C42H54ClN7O8S. The number of carboxylic acid groups (broad SMARTS) is 1. The van der Waals surface area contributed by atoms with Crippen LogP contribution in [-0.4, -0.2) is 92.9 Å². The van der Waals surface area contributed by atoms with Gasteiger partial charge in [-0.15, -0.1) is 11.3 Å². The second-order valence-corrected chi connectivity index (χ2v) is 18.4. The third-order valence-corrected chi connectivity index (χ3v) is 12.6. The first-order valence-electron chi connectivity index (χ1n) is 20.3. The molecule has 4 N–H and O–H groups in total. The van der Waals surface area contributed by atoms with Crippen LogP contribution in [-0.2, 0) is 19.1 Å². The number of alkyl carbamates (subject to hydrolysis) is 1. The van der Waals surface area contributed by atoms with Gasteiger partial charge in [-0.2, -0.15) is 5.26 Å². The van der Waals surface area contributed by atoms with E-state index in [2.05, 4.69) is 22.9 Å². The first-order valence-corrected chi connectivity index (χ1v) is 21.6. The van der Waals surface area contributed by atoms with E-state index in [1.165, 1.54) is 16.2 Å². The van der Waals surface area contributed by atoms with Crippen LogP contribution in [0.1, 0.15) is 93.4 Å². The smallest absolute Gasteiger partial charge is 0.408 e. The lowest BCUT2D eigenvalue weighted by Crippen LogP contribution is -2.59. The van der Waals surface area contributed by atoms with Crippen molar-refractivity contribution in [3.63, 3.8) is 0 Å². The number of thiazole rings is 1. The van der Waals surface area contributed by atoms with Crippen molar-refractivity contribution in [2.45, 2.75) is 129 Å². The van der Waals surface area contributed by atoms with Gasteiger partial charge in [0.25, 0.3) is 0 Å². The molecule has 3 heterocycles. The third kappa shape index (κ3) is 9.62. The Balaban J connectivity index is 1.34. The second kappa shape index (κ2) is 17.8. The van der Waals surface area contributed by atoms with Crippen molar-refractivity contribution in [2.24, 2.45) is 17.3 Å². The SMILES string of the molecule is CC[C@@H]1CC[C@H](OC(=O)N[C@H](C(=O)N2C[C@H](Oc3cc(-c4csc(NC(C)C)n4)nc4c(Cl)c(OCC#N)ccc34)C[C@H]2C(=O)N[C@]2(C(=O)O)C[C@H]2CC)C(C)(C)C)C1. The molecule has 0 spiro atoms. The van der Waals surface area contributed by atoms with Crippen molar-refractivity contribution in [1.29, 1.82) is 5.26 Å². The molecular weight excluding hydrogens is 798 g/mol. The molecule has 7 atom stereocenters. The number of nitrogens with zero attached hydrogens (tertiary/aromatic N) is 4. The molecule has 3 fully saturated rings. The van der Waals surface area contributed by atoms with Crippen molar-refractivity contribution in [1.82, 2.24) is 25.5 Å². The number of pyridine rings is 1. The second-order valence-electron chi connectivity index (χ2n) is 17.2. The molecule has 2 aromatic heterocycles. The number of hydrogen-bond donors (Lipinski definition) is 4. The molecule has 1 aliphatic heterocycles. The normalized spacial score (nSPS) is 24.3. The van der Waals surface area contributed by atoms with Crippen LogP contribution in [0.3, 0.4) is 0 Å². The minimum atomic E-state index is -1.43. The number of likely N-dealkylation sites (tertiary alicyclic amines) is 1. The highest BCUT2D eigenvalue weighted by Crippen LogP contribution is 2.47. The number of aliphatic carboxylic acids is 1. The number of nitriles is 1. The van der Waals surface area contributed by atoms with Gasteiger partial charge in [0.2, 0.25) is 11.8 Å². The summed E-state index contributed by atoms with van der Waals surface area (Å²) in [6.45, 7) is 13.1. The Morgan fingerprint density at radius 1 is 1.08 bits per heavy atom. The van der Waals surface area contributed by atoms with E-state index in [4.69, 9.17) is 41.0 Å². The number of carbonyl (C=O) groups is 4. The van der Waals surface area contributed by atoms with Gasteiger partial charge in [-0.25, -0.2) is 19.6 Å². The van der Waals surface area contributed by atoms with E-state index in [0.717, 1.165) is 25.7 Å². The Hall–Kier alpha value is -4.88. The Labute approximate surface area is 353 Å². The number of hydrogen-bond acceptors (Lipinski definition) is 12. The zero-order chi connectivity index (χ0) is 42.8. The van der Waals surface area contributed by atoms with Crippen LogP contribution in [0.5, 0.6) is 11.5 Å². The number of halogens is 1. The van der Waals surface area contributed by atoms with Crippen molar-refractivity contribution >= 4 is 62.8 Å². The standard InChI is InChI=1S/C42H54ClN7O8S/c1-8-23-10-11-25(16-23)58-40(55)48-35(41(5,6)7)37(52)50-20-26(17-30(50)36(51)49-42(38(53)54)19-24(42)9-2)57-32-18-28(29-21-59-39(47-29)45-22(3)4)46-34-27(32)12-13-31(33(34)43)56-15-14-44/h12-13,18,21-26,30,35H,8-11,15-17,19-20H2,1-7H3,(H,45,47)(H,48,55)(H,49,51)(H,53,54)/t23-,24-,25+,26-,30+,35-,42-/m1/s1. The Bertz CT molecular complexity index is 2120. The van der Waals surface area contributed by atoms with Crippen LogP contribution in [0.2, 0.25) is 5.02 Å². The Morgan fingerprint density at radius 3 is 2.47 bits per heavy atom. The lowest BCUT2D eigenvalue weighted by molar-refractivity contribution is -0.146. The molecule has 3 amide bonds. The Kier molecular flexibility index (Phi) is 13.2. The molecule has 2 saturated carbocycles. The number of nitrogens with one attached hydrogen (secondary N) is 3. The molecule has 318 valence electrons. The van der Waals surface area contributed by atoms with Crippen molar-refractivity contribution in [2.75, 3.05) is 18.5 Å². The molecule has 0 radical (unpaired) electrons. The number of anilines is 1. The number of aromatic nitrogens is 2. The average Bonchev–Trinajstić information content (AvgIpc) is 3.54. The van der Waals surface area contributed by atoms with E-state index in [0.29, 0.717) is 45.5 Å². The molecule has 2 aliphatic carbocycles. The van der Waals surface area contributed by atoms with Gasteiger partial charge in [0, 0.05) is 29.3 Å². The fourth-order valence-electron chi connectivity index (χ4n) is 8.14. The van der Waals surface area contributed by atoms with Gasteiger partial charge in [0.05, 0.1) is 17.8 Å². The maximum Gasteiger partial charge on any atom is 0.408 e. The molecule has 1 saturated heterocycles. The fourth-order valence-corrected chi connectivity index (χ4v) is 9.25. The number of carboxylic acids is 1. The molecule has 1 aromatic carbocycles. The van der Waals surface area contributed by atoms with Crippen molar-refractivity contribution < 1.29 is 38.5 Å². The van der Waals surface area contributed by atoms with E-state index >= 15 is 0 Å². The van der Waals surface area contributed by atoms with E-state index in [9.17, 15) is 24.3 Å². The summed E-state index contributed by atoms with van der Waals surface area (Å²) < 4.78 is 18.1. The molecule has 17 heteroatoms. The van der Waals surface area contributed by atoms with Gasteiger partial charge in [-0.05, 0) is 68.9 Å². The van der Waals surface area contributed by atoms with Crippen molar-refractivity contribution in [3.05, 3.63) is 28.6 Å². The van der Waals surface area contributed by atoms with Crippen LogP contribution < -0.4 is 25.4 Å². The number of benzene rings is 1. The average molecular weight is 852 g/mol. The third-order valence-electron chi connectivity index (χ3n) is 11.5. The van der Waals surface area contributed by atoms with Gasteiger partial charge in [-0.1, -0.05) is 59.1 Å². The van der Waals surface area contributed by atoms with Gasteiger partial charge < -0.3 is 40.2 Å². The number of ether oxygens (including phenoxy) is 3. The van der Waals surface area contributed by atoms with E-state index in [1.54, 1.807) is 18.2 Å². The van der Waals surface area contributed by atoms with Gasteiger partial charge in [0.1, 0.15) is 58.1 Å². The predicted molar refractivity (Wildman–Crippen MR) is 223 cm³/mol. The zero-order valence-electron chi connectivity index (χ0n) is 34.6. The van der Waals surface area contributed by atoms with Gasteiger partial charge in [0.15, 0.2) is 11.7 Å². The summed E-state index contributed by atoms with van der Waals surface area (Å²) in [7, 11) is 0. The minimum Gasteiger partial charge on any atom is -0.488 e. The molecule has 59 heavy (non-hydrogen) atoms. The van der Waals surface area contributed by atoms with Gasteiger partial charge >= 0.3 is 12.1 Å². The molecule has 0 unspecified atom stereocenters. The largest absolute Gasteiger partial charge is 0.488 e. The van der Waals surface area contributed by atoms with Crippen LogP contribution in [0.4, 0.5) is 9.93 Å². The summed E-state index contributed by atoms with van der Waals surface area (Å²) in [5.74, 6) is -1.46. The van der Waals surface area contributed by atoms with Gasteiger partial charge in [-0.3, -0.25) is 9.59 Å². The highest BCUT2D eigenvalue weighted by atomic mass is 35.5. The van der Waals surface area contributed by atoms with E-state index in [-0.39, 0.29) is 54.8 Å². The molecule has 0 bridgehead atoms. The lowest BCUT2D eigenvalue weighted by atomic mass is 9.85. The number of carbonyl (C=O) groups excluding carboxylic acids is 3. The number of fused-ring (bicyclic) bond motifs is 1.